The predicted octanol–water partition coefficient (Wildman–Crippen LogP) is 2.94. The number of nitrogens with zero attached hydrogens (tertiary/aromatic N) is 2. The van der Waals surface area contributed by atoms with Gasteiger partial charge in [-0.3, -0.25) is 9.69 Å². The zero-order valence-corrected chi connectivity index (χ0v) is 17.0. The van der Waals surface area contributed by atoms with E-state index in [1.165, 1.54) is 44.9 Å². The summed E-state index contributed by atoms with van der Waals surface area (Å²) in [6.45, 7) is 3.02. The lowest BCUT2D eigenvalue weighted by molar-refractivity contribution is -0.147. The third-order valence-electron chi connectivity index (χ3n) is 7.23. The average molecular weight is 446 g/mol. The SMILES string of the molecule is CN1C2CC[C@@H]1C[C@H](C1CCC(I)CC1)C2C(=O)N1CCOCC1. The maximum Gasteiger partial charge on any atom is 0.227 e. The molecule has 0 N–H and O–H groups in total. The molecule has 4 atom stereocenters. The molecule has 0 aromatic heterocycles. The summed E-state index contributed by atoms with van der Waals surface area (Å²) in [7, 11) is 2.26. The Bertz CT molecular complexity index is 460. The molecule has 3 aliphatic heterocycles. The number of amides is 1. The van der Waals surface area contributed by atoms with E-state index in [0.29, 0.717) is 31.1 Å². The van der Waals surface area contributed by atoms with Gasteiger partial charge in [-0.1, -0.05) is 22.6 Å². The van der Waals surface area contributed by atoms with E-state index >= 15 is 0 Å². The van der Waals surface area contributed by atoms with Crippen LogP contribution in [-0.4, -0.2) is 65.1 Å². The Balaban J connectivity index is 1.55. The second-order valence-electron chi connectivity index (χ2n) is 8.34. The topological polar surface area (TPSA) is 32.8 Å². The molecule has 4 aliphatic rings. The largest absolute Gasteiger partial charge is 0.378 e. The minimum atomic E-state index is 0.239. The third-order valence-corrected chi connectivity index (χ3v) is 8.48. The van der Waals surface area contributed by atoms with Gasteiger partial charge in [-0.15, -0.1) is 0 Å². The summed E-state index contributed by atoms with van der Waals surface area (Å²) < 4.78 is 6.33. The molecule has 5 heteroatoms. The molecular weight excluding hydrogens is 415 g/mol. The molecule has 1 saturated carbocycles. The normalized spacial score (nSPS) is 43.8. The number of hydrogen-bond acceptors (Lipinski definition) is 3. The van der Waals surface area contributed by atoms with E-state index in [1.807, 2.05) is 0 Å². The molecule has 3 heterocycles. The lowest BCUT2D eigenvalue weighted by Gasteiger charge is -2.48. The fraction of sp³-hybridized carbons (Fsp3) is 0.947. The van der Waals surface area contributed by atoms with Crippen molar-refractivity contribution < 1.29 is 9.53 Å². The third kappa shape index (κ3) is 3.25. The fourth-order valence-corrected chi connectivity index (χ4v) is 6.56. The minimum Gasteiger partial charge on any atom is -0.378 e. The number of carbonyl (C=O) groups is 1. The van der Waals surface area contributed by atoms with Crippen LogP contribution >= 0.6 is 22.6 Å². The molecule has 1 amide bonds. The molecule has 1 aliphatic carbocycles. The fourth-order valence-electron chi connectivity index (χ4n) is 5.84. The summed E-state index contributed by atoms with van der Waals surface area (Å²) in [6.07, 6.45) is 9.16. The number of alkyl halides is 1. The molecule has 0 spiro atoms. The van der Waals surface area contributed by atoms with Crippen LogP contribution in [0, 0.1) is 17.8 Å². The smallest absolute Gasteiger partial charge is 0.227 e. The Hall–Kier alpha value is 0.120. The van der Waals surface area contributed by atoms with Crippen LogP contribution in [0.4, 0.5) is 0 Å². The second kappa shape index (κ2) is 7.39. The van der Waals surface area contributed by atoms with Gasteiger partial charge in [0, 0.05) is 29.1 Å². The van der Waals surface area contributed by atoms with Crippen LogP contribution in [0.25, 0.3) is 0 Å². The number of fused-ring (bicyclic) bond motifs is 2. The summed E-state index contributed by atoms with van der Waals surface area (Å²) in [4.78, 5) is 18.1. The van der Waals surface area contributed by atoms with E-state index in [-0.39, 0.29) is 5.92 Å². The summed E-state index contributed by atoms with van der Waals surface area (Å²) in [5.74, 6) is 2.08. The molecule has 136 valence electrons. The summed E-state index contributed by atoms with van der Waals surface area (Å²) in [5.41, 5.74) is 0. The van der Waals surface area contributed by atoms with Crippen LogP contribution in [-0.2, 0) is 9.53 Å². The van der Waals surface area contributed by atoms with Crippen molar-refractivity contribution in [2.24, 2.45) is 17.8 Å². The van der Waals surface area contributed by atoms with Crippen LogP contribution in [0.5, 0.6) is 0 Å². The quantitative estimate of drug-likeness (QED) is 0.483. The van der Waals surface area contributed by atoms with E-state index in [9.17, 15) is 4.79 Å². The monoisotopic (exact) mass is 446 g/mol. The Kier molecular flexibility index (Phi) is 5.40. The zero-order valence-electron chi connectivity index (χ0n) is 14.8. The van der Waals surface area contributed by atoms with Crippen molar-refractivity contribution in [1.29, 1.82) is 0 Å². The minimum absolute atomic E-state index is 0.239. The van der Waals surface area contributed by atoms with Crippen molar-refractivity contribution in [3.8, 4) is 0 Å². The van der Waals surface area contributed by atoms with Crippen LogP contribution < -0.4 is 0 Å². The molecule has 0 radical (unpaired) electrons. The lowest BCUT2D eigenvalue weighted by Crippen LogP contribution is -2.56. The van der Waals surface area contributed by atoms with Gasteiger partial charge in [-0.25, -0.2) is 0 Å². The molecular formula is C19H31IN2O2. The van der Waals surface area contributed by atoms with Gasteiger partial charge in [0.05, 0.1) is 19.1 Å². The molecule has 4 nitrogen and oxygen atoms in total. The number of hydrogen-bond donors (Lipinski definition) is 0. The van der Waals surface area contributed by atoms with Gasteiger partial charge in [0.25, 0.3) is 0 Å². The first kappa shape index (κ1) is 17.5. The highest BCUT2D eigenvalue weighted by atomic mass is 127. The van der Waals surface area contributed by atoms with Gasteiger partial charge in [0.2, 0.25) is 5.91 Å². The van der Waals surface area contributed by atoms with Gasteiger partial charge in [0.1, 0.15) is 0 Å². The maximum atomic E-state index is 13.4. The second-order valence-corrected chi connectivity index (χ2v) is 10.1. The number of ether oxygens (including phenoxy) is 1. The highest BCUT2D eigenvalue weighted by Gasteiger charge is 2.51. The number of piperidine rings is 1. The summed E-state index contributed by atoms with van der Waals surface area (Å²) in [5, 5.41) is 0. The van der Waals surface area contributed by atoms with Gasteiger partial charge in [-0.2, -0.15) is 0 Å². The number of morpholine rings is 1. The first-order valence-electron chi connectivity index (χ1n) is 9.87. The Morgan fingerprint density at radius 2 is 1.75 bits per heavy atom. The van der Waals surface area contributed by atoms with E-state index < -0.39 is 0 Å². The molecule has 24 heavy (non-hydrogen) atoms. The molecule has 3 saturated heterocycles. The van der Waals surface area contributed by atoms with Crippen LogP contribution in [0.2, 0.25) is 0 Å². The Morgan fingerprint density at radius 1 is 1.04 bits per heavy atom. The molecule has 0 aromatic carbocycles. The Morgan fingerprint density at radius 3 is 2.46 bits per heavy atom. The van der Waals surface area contributed by atoms with Crippen LogP contribution in [0.15, 0.2) is 0 Å². The van der Waals surface area contributed by atoms with Crippen molar-refractivity contribution in [3.05, 3.63) is 0 Å². The van der Waals surface area contributed by atoms with Gasteiger partial charge in [0.15, 0.2) is 0 Å². The highest BCUT2D eigenvalue weighted by Crippen LogP contribution is 2.48. The van der Waals surface area contributed by atoms with Crippen molar-refractivity contribution >= 4 is 28.5 Å². The zero-order chi connectivity index (χ0) is 16.7. The van der Waals surface area contributed by atoms with Crippen molar-refractivity contribution in [2.45, 2.75) is 61.0 Å². The summed E-state index contributed by atoms with van der Waals surface area (Å²) in [6, 6.07) is 1.22. The van der Waals surface area contributed by atoms with Gasteiger partial charge in [-0.05, 0) is 63.8 Å². The summed E-state index contributed by atoms with van der Waals surface area (Å²) >= 11 is 2.62. The van der Waals surface area contributed by atoms with Gasteiger partial charge < -0.3 is 9.64 Å². The lowest BCUT2D eigenvalue weighted by atomic mass is 9.68. The molecule has 0 aromatic rings. The van der Waals surface area contributed by atoms with E-state index in [1.54, 1.807) is 0 Å². The van der Waals surface area contributed by atoms with Crippen molar-refractivity contribution in [3.63, 3.8) is 0 Å². The average Bonchev–Trinajstić information content (AvgIpc) is 2.85. The molecule has 2 unspecified atom stereocenters. The first-order valence-corrected chi connectivity index (χ1v) is 11.1. The van der Waals surface area contributed by atoms with E-state index in [2.05, 4.69) is 39.4 Å². The van der Waals surface area contributed by atoms with Crippen molar-refractivity contribution in [2.75, 3.05) is 33.4 Å². The molecule has 4 fully saturated rings. The van der Waals surface area contributed by atoms with E-state index in [4.69, 9.17) is 4.74 Å². The first-order chi connectivity index (χ1) is 11.6. The van der Waals surface area contributed by atoms with Crippen LogP contribution in [0.1, 0.15) is 44.9 Å². The Labute approximate surface area is 159 Å². The van der Waals surface area contributed by atoms with Crippen LogP contribution in [0.3, 0.4) is 0 Å². The highest BCUT2D eigenvalue weighted by molar-refractivity contribution is 14.1. The number of halogens is 1. The van der Waals surface area contributed by atoms with Gasteiger partial charge >= 0.3 is 0 Å². The standard InChI is InChI=1S/C19H31IN2O2/c1-21-15-6-7-17(21)18(19(23)22-8-10-24-11-9-22)16(12-15)13-2-4-14(20)5-3-13/h13-18H,2-12H2,1H3/t13?,14?,15-,16-,17?,18?/m1/s1. The van der Waals surface area contributed by atoms with Crippen molar-refractivity contribution in [1.82, 2.24) is 9.80 Å². The number of carbonyl (C=O) groups excluding carboxylic acids is 1. The maximum absolute atomic E-state index is 13.4. The predicted molar refractivity (Wildman–Crippen MR) is 103 cm³/mol. The molecule has 2 bridgehead atoms. The number of rotatable bonds is 2. The van der Waals surface area contributed by atoms with E-state index in [0.717, 1.165) is 29.0 Å². The molecule has 4 rings (SSSR count).